The monoisotopic (exact) mass is 571 g/mol. The van der Waals surface area contributed by atoms with Gasteiger partial charge in [0.15, 0.2) is 6.61 Å². The fraction of sp³-hybridized carbons (Fsp3) is 0.250. The van der Waals surface area contributed by atoms with E-state index in [-0.39, 0.29) is 29.9 Å². The summed E-state index contributed by atoms with van der Waals surface area (Å²) >= 11 is 0.787. The number of ether oxygens (including phenoxy) is 1. The number of nitrogens with one attached hydrogen (secondary N) is 2. The van der Waals surface area contributed by atoms with Crippen molar-refractivity contribution in [3.63, 3.8) is 0 Å². The molecule has 0 spiro atoms. The molecule has 1 heterocycles. The minimum absolute atomic E-state index is 0.158. The molecule has 0 saturated carbocycles. The quantitative estimate of drug-likeness (QED) is 0.265. The van der Waals surface area contributed by atoms with Gasteiger partial charge in [0.05, 0.1) is 4.91 Å². The molecule has 0 atom stereocenters. The van der Waals surface area contributed by atoms with Crippen molar-refractivity contribution in [2.45, 2.75) is 39.5 Å². The number of carbonyl (C=O) groups excluding carboxylic acids is 4. The van der Waals surface area contributed by atoms with Gasteiger partial charge in [-0.3, -0.25) is 24.1 Å². The maximum Gasteiger partial charge on any atom is 0.294 e. The molecule has 4 rings (SSSR count). The van der Waals surface area contributed by atoms with Crippen LogP contribution in [0.5, 0.6) is 5.75 Å². The number of benzene rings is 3. The van der Waals surface area contributed by atoms with E-state index in [0.29, 0.717) is 22.9 Å². The topological polar surface area (TPSA) is 105 Å². The summed E-state index contributed by atoms with van der Waals surface area (Å²) in [7, 11) is 0. The molecule has 1 aliphatic rings. The van der Waals surface area contributed by atoms with Gasteiger partial charge < -0.3 is 15.4 Å². The van der Waals surface area contributed by atoms with Gasteiger partial charge in [-0.15, -0.1) is 0 Å². The van der Waals surface area contributed by atoms with Crippen LogP contribution >= 0.6 is 11.8 Å². The Labute approximate surface area is 244 Å². The fourth-order valence-electron chi connectivity index (χ4n) is 4.19. The fourth-order valence-corrected chi connectivity index (χ4v) is 5.03. The Morgan fingerprint density at radius 2 is 1.54 bits per heavy atom. The molecule has 2 N–H and O–H groups in total. The number of para-hydroxylation sites is 1. The van der Waals surface area contributed by atoms with E-state index in [1.807, 2.05) is 36.4 Å². The zero-order valence-corrected chi connectivity index (χ0v) is 24.3. The van der Waals surface area contributed by atoms with Gasteiger partial charge >= 0.3 is 0 Å². The van der Waals surface area contributed by atoms with Crippen molar-refractivity contribution in [3.05, 3.63) is 94.4 Å². The van der Waals surface area contributed by atoms with E-state index < -0.39 is 17.1 Å². The highest BCUT2D eigenvalue weighted by Gasteiger charge is 2.36. The van der Waals surface area contributed by atoms with Gasteiger partial charge in [-0.1, -0.05) is 70.2 Å². The molecule has 1 saturated heterocycles. The van der Waals surface area contributed by atoms with E-state index in [0.717, 1.165) is 33.5 Å². The molecule has 3 aromatic carbocycles. The van der Waals surface area contributed by atoms with E-state index in [1.54, 1.807) is 42.5 Å². The third kappa shape index (κ3) is 7.85. The van der Waals surface area contributed by atoms with Crippen LogP contribution in [0.3, 0.4) is 0 Å². The zero-order chi connectivity index (χ0) is 29.5. The number of hydrogen-bond acceptors (Lipinski definition) is 6. The number of rotatable bonds is 10. The molecular formula is C32H33N3O5S. The molecule has 41 heavy (non-hydrogen) atoms. The van der Waals surface area contributed by atoms with Gasteiger partial charge in [-0.25, -0.2) is 0 Å². The standard InChI is InChI=1S/C32H33N3O5S/c1-20(2)23-11-13-24(14-12-23)33-29(36)18-35-31(38)28(41-32(35)39)17-22-9-15-25(16-10-22)40-19-30(37)34-27-8-6-5-7-26(27)21(3)4/h5-17,20-21H,18-19H2,1-4H3,(H,33,36)(H,34,37)/b28-17+. The van der Waals surface area contributed by atoms with Crippen molar-refractivity contribution in [2.75, 3.05) is 23.8 Å². The summed E-state index contributed by atoms with van der Waals surface area (Å²) in [5, 5.41) is 5.12. The Bertz CT molecular complexity index is 1460. The first-order valence-electron chi connectivity index (χ1n) is 13.4. The minimum atomic E-state index is -0.524. The lowest BCUT2D eigenvalue weighted by molar-refractivity contribution is -0.127. The number of thioether (sulfide) groups is 1. The first-order chi connectivity index (χ1) is 19.6. The second-order valence-corrected chi connectivity index (χ2v) is 11.2. The van der Waals surface area contributed by atoms with Crippen LogP contribution < -0.4 is 15.4 Å². The van der Waals surface area contributed by atoms with Crippen LogP contribution in [0.1, 0.15) is 56.2 Å². The number of carbonyl (C=O) groups is 4. The highest BCUT2D eigenvalue weighted by atomic mass is 32.2. The summed E-state index contributed by atoms with van der Waals surface area (Å²) in [5.41, 5.74) is 4.23. The smallest absolute Gasteiger partial charge is 0.294 e. The van der Waals surface area contributed by atoms with Crippen molar-refractivity contribution < 1.29 is 23.9 Å². The molecule has 3 aromatic rings. The normalized spacial score (nSPS) is 14.2. The molecule has 0 aliphatic carbocycles. The zero-order valence-electron chi connectivity index (χ0n) is 23.5. The second kappa shape index (κ2) is 13.3. The Morgan fingerprint density at radius 1 is 0.854 bits per heavy atom. The second-order valence-electron chi connectivity index (χ2n) is 10.2. The average Bonchev–Trinajstić information content (AvgIpc) is 3.20. The molecular weight excluding hydrogens is 538 g/mol. The number of amides is 4. The van der Waals surface area contributed by atoms with Crippen LogP contribution in [0.25, 0.3) is 6.08 Å². The molecule has 9 heteroatoms. The Hall–Kier alpha value is -4.37. The highest BCUT2D eigenvalue weighted by molar-refractivity contribution is 8.18. The lowest BCUT2D eigenvalue weighted by atomic mass is 10.0. The first kappa shape index (κ1) is 29.6. The van der Waals surface area contributed by atoms with E-state index in [9.17, 15) is 19.2 Å². The maximum absolute atomic E-state index is 12.9. The van der Waals surface area contributed by atoms with Crippen molar-refractivity contribution in [1.29, 1.82) is 0 Å². The van der Waals surface area contributed by atoms with E-state index >= 15 is 0 Å². The minimum Gasteiger partial charge on any atom is -0.484 e. The Morgan fingerprint density at radius 3 is 2.20 bits per heavy atom. The van der Waals surface area contributed by atoms with Crippen molar-refractivity contribution >= 4 is 52.2 Å². The molecule has 212 valence electrons. The predicted octanol–water partition coefficient (Wildman–Crippen LogP) is 6.63. The number of nitrogens with zero attached hydrogens (tertiary/aromatic N) is 1. The molecule has 0 unspecified atom stereocenters. The van der Waals surface area contributed by atoms with Crippen molar-refractivity contribution in [2.24, 2.45) is 0 Å². The van der Waals surface area contributed by atoms with Gasteiger partial charge in [0.1, 0.15) is 12.3 Å². The van der Waals surface area contributed by atoms with Crippen LogP contribution in [0.4, 0.5) is 16.2 Å². The highest BCUT2D eigenvalue weighted by Crippen LogP contribution is 2.32. The molecule has 0 radical (unpaired) electrons. The van der Waals surface area contributed by atoms with Gasteiger partial charge in [0.2, 0.25) is 5.91 Å². The van der Waals surface area contributed by atoms with E-state index in [1.165, 1.54) is 0 Å². The lowest BCUT2D eigenvalue weighted by Gasteiger charge is -2.14. The molecule has 0 bridgehead atoms. The molecule has 0 aromatic heterocycles. The van der Waals surface area contributed by atoms with Gasteiger partial charge in [0.25, 0.3) is 17.1 Å². The molecule has 8 nitrogen and oxygen atoms in total. The maximum atomic E-state index is 12.9. The lowest BCUT2D eigenvalue weighted by Crippen LogP contribution is -2.36. The van der Waals surface area contributed by atoms with E-state index in [2.05, 4.69) is 38.3 Å². The van der Waals surface area contributed by atoms with Gasteiger partial charge in [0, 0.05) is 11.4 Å². The SMILES string of the molecule is CC(C)c1ccc(NC(=O)CN2C(=O)S/C(=C/c3ccc(OCC(=O)Nc4ccccc4C(C)C)cc3)C2=O)cc1. The average molecular weight is 572 g/mol. The number of hydrogen-bond donors (Lipinski definition) is 2. The summed E-state index contributed by atoms with van der Waals surface area (Å²) in [6.45, 7) is 7.76. The predicted molar refractivity (Wildman–Crippen MR) is 163 cm³/mol. The summed E-state index contributed by atoms with van der Waals surface area (Å²) in [5.74, 6) is -0.123. The summed E-state index contributed by atoms with van der Waals surface area (Å²) in [4.78, 5) is 51.4. The van der Waals surface area contributed by atoms with Crippen LogP contribution in [0.15, 0.2) is 77.7 Å². The summed E-state index contributed by atoms with van der Waals surface area (Å²) in [6, 6.07) is 21.9. The number of imide groups is 1. The van der Waals surface area contributed by atoms with E-state index in [4.69, 9.17) is 4.74 Å². The van der Waals surface area contributed by atoms with Gasteiger partial charge in [-0.05, 0) is 76.7 Å². The van der Waals surface area contributed by atoms with Crippen LogP contribution in [-0.4, -0.2) is 41.0 Å². The third-order valence-corrected chi connectivity index (χ3v) is 7.35. The Kier molecular flexibility index (Phi) is 9.62. The first-order valence-corrected chi connectivity index (χ1v) is 14.2. The van der Waals surface area contributed by atoms with Crippen LogP contribution in [0.2, 0.25) is 0 Å². The molecule has 1 fully saturated rings. The Balaban J connectivity index is 1.30. The largest absolute Gasteiger partial charge is 0.484 e. The molecule has 4 amide bonds. The van der Waals surface area contributed by atoms with Gasteiger partial charge in [-0.2, -0.15) is 0 Å². The van der Waals surface area contributed by atoms with Crippen LogP contribution in [-0.2, 0) is 14.4 Å². The summed E-state index contributed by atoms with van der Waals surface area (Å²) in [6.07, 6.45) is 1.59. The number of anilines is 2. The molecule has 1 aliphatic heterocycles. The third-order valence-electron chi connectivity index (χ3n) is 6.44. The van der Waals surface area contributed by atoms with Crippen molar-refractivity contribution in [3.8, 4) is 5.75 Å². The van der Waals surface area contributed by atoms with Crippen molar-refractivity contribution in [1.82, 2.24) is 4.90 Å². The van der Waals surface area contributed by atoms with Crippen LogP contribution in [0, 0.1) is 0 Å². The summed E-state index contributed by atoms with van der Waals surface area (Å²) < 4.78 is 5.62.